The first kappa shape index (κ1) is 65.1. The molecule has 14 rings (SSSR count). The fourth-order valence-corrected chi connectivity index (χ4v) is 12.8. The molecule has 0 N–H and O–H groups in total. The van der Waals surface area contributed by atoms with E-state index < -0.39 is 0 Å². The van der Waals surface area contributed by atoms with Gasteiger partial charge in [-0.3, -0.25) is 4.79 Å². The van der Waals surface area contributed by atoms with E-state index in [0.717, 1.165) is 168 Å². The van der Waals surface area contributed by atoms with E-state index in [1.54, 1.807) is 0 Å². The Morgan fingerprint density at radius 3 is 1.08 bits per heavy atom. The first-order valence-corrected chi connectivity index (χ1v) is 31.6. The van der Waals surface area contributed by atoms with Crippen LogP contribution in [-0.2, 0) is 38.4 Å². The van der Waals surface area contributed by atoms with Gasteiger partial charge in [0.05, 0.1) is 85.5 Å². The van der Waals surface area contributed by atoms with Crippen LogP contribution in [0.2, 0.25) is 15.1 Å². The van der Waals surface area contributed by atoms with Gasteiger partial charge in [0.2, 0.25) is 0 Å². The second-order valence-corrected chi connectivity index (χ2v) is 24.8. The summed E-state index contributed by atoms with van der Waals surface area (Å²) in [7, 11) is 0. The molecule has 18 heteroatoms. The lowest BCUT2D eigenvalue weighted by atomic mass is 9.73. The number of nitrogens with zero attached hydrogens (tertiary/aromatic N) is 10. The minimum atomic E-state index is 0.0550. The Bertz CT molecular complexity index is 4260. The summed E-state index contributed by atoms with van der Waals surface area (Å²) in [4.78, 5) is 77.4. The van der Waals surface area contributed by atoms with Gasteiger partial charge in [-0.25, -0.2) is 29.9 Å². The smallest absolute Gasteiger partial charge is 0.339 e. The number of nitriles is 3. The molecule has 4 heterocycles. The van der Waals surface area contributed by atoms with Crippen LogP contribution in [-0.4, -0.2) is 66.1 Å². The van der Waals surface area contributed by atoms with E-state index in [-0.39, 0.29) is 36.0 Å². The zero-order chi connectivity index (χ0) is 64.5. The second kappa shape index (κ2) is 31.2. The maximum atomic E-state index is 13.4. The lowest BCUT2D eigenvalue weighted by Gasteiger charge is -2.32. The molecule has 0 spiro atoms. The number of fused-ring (bicyclic) bond motifs is 3. The molecule has 15 nitrogen and oxygen atoms in total. The summed E-state index contributed by atoms with van der Waals surface area (Å²) in [6.45, 7) is 1.51. The van der Waals surface area contributed by atoms with E-state index in [1.165, 1.54) is 5.56 Å². The normalized spacial score (nSPS) is 18.5. The molecule has 4 aliphatic rings. The number of likely N-dealkylation sites (tertiary alicyclic amines) is 1. The van der Waals surface area contributed by atoms with Crippen molar-refractivity contribution < 1.29 is 24.0 Å². The van der Waals surface area contributed by atoms with Crippen molar-refractivity contribution in [1.29, 1.82) is 15.8 Å². The molecule has 10 aromatic rings. The van der Waals surface area contributed by atoms with Crippen molar-refractivity contribution in [3.63, 3.8) is 0 Å². The standard InChI is InChI=1S/C32H29ClN4O.2C20H16ClN3.2CO2/c33-27-9-6-25(7-10-27)31-30(18-21-16-22(17-21)20-34)35-29-19-26(8-11-28(29)36-31)32(38)37-14-12-24(13-15-37)23-4-2-1-3-5-23;2*21-16-7-5-15(6-8-16)20-19(11-13-9-14(10-13)12-22)23-17-3-1-2-4-18(17)24-20;2*2-1-3/h1-11,19,21-22,24H,12-18H2;2*1-8,13-14H,9-11H2;;. The molecule has 3 saturated carbocycles. The van der Waals surface area contributed by atoms with E-state index in [2.05, 4.69) is 42.5 Å². The van der Waals surface area contributed by atoms with Gasteiger partial charge in [0.1, 0.15) is 0 Å². The zero-order valence-electron chi connectivity index (χ0n) is 50.0. The summed E-state index contributed by atoms with van der Waals surface area (Å²) in [6.07, 6.45) is 10.6. The Morgan fingerprint density at radius 1 is 0.413 bits per heavy atom. The van der Waals surface area contributed by atoms with Crippen molar-refractivity contribution in [3.8, 4) is 52.0 Å². The fraction of sp³-hybridized carbons (Fsp3) is 0.270. The number of carbonyl (C=O) groups excluding carboxylic acids is 5. The van der Waals surface area contributed by atoms with Crippen LogP contribution in [0.3, 0.4) is 0 Å². The molecule has 3 aliphatic carbocycles. The number of para-hydroxylation sites is 4. The van der Waals surface area contributed by atoms with E-state index in [4.69, 9.17) is 94.4 Å². The Balaban J connectivity index is 0.000000150. The average Bonchev–Trinajstić information content (AvgIpc) is 0.852. The first-order valence-electron chi connectivity index (χ1n) is 30.5. The monoisotopic (exact) mass is 1270 g/mol. The topological polar surface area (TPSA) is 237 Å². The molecule has 0 atom stereocenters. The quantitative estimate of drug-likeness (QED) is 0.117. The molecule has 458 valence electrons. The third-order valence-corrected chi connectivity index (χ3v) is 18.1. The Kier molecular flexibility index (Phi) is 22.1. The van der Waals surface area contributed by atoms with Crippen molar-refractivity contribution in [1.82, 2.24) is 34.8 Å². The number of halogens is 3. The maximum Gasteiger partial charge on any atom is 0.373 e. The van der Waals surface area contributed by atoms with Gasteiger partial charge in [0.25, 0.3) is 5.91 Å². The van der Waals surface area contributed by atoms with Crippen molar-refractivity contribution in [2.75, 3.05) is 13.1 Å². The lowest BCUT2D eigenvalue weighted by molar-refractivity contribution is -0.193. The Hall–Kier alpha value is -9.87. The highest BCUT2D eigenvalue weighted by molar-refractivity contribution is 6.31. The summed E-state index contributed by atoms with van der Waals surface area (Å²) in [5.41, 5.74) is 15.8. The maximum absolute atomic E-state index is 13.4. The number of aromatic nitrogens is 6. The third kappa shape index (κ3) is 16.4. The number of rotatable bonds is 11. The van der Waals surface area contributed by atoms with Crippen LogP contribution in [0.15, 0.2) is 170 Å². The summed E-state index contributed by atoms with van der Waals surface area (Å²) < 4.78 is 0. The van der Waals surface area contributed by atoms with Crippen molar-refractivity contribution in [2.45, 2.75) is 76.5 Å². The summed E-state index contributed by atoms with van der Waals surface area (Å²) in [5, 5.41) is 29.3. The number of amides is 1. The van der Waals surface area contributed by atoms with Crippen LogP contribution in [0.4, 0.5) is 0 Å². The molecule has 7 aromatic carbocycles. The molecule has 4 fully saturated rings. The van der Waals surface area contributed by atoms with Crippen LogP contribution >= 0.6 is 34.8 Å². The molecule has 0 radical (unpaired) electrons. The van der Waals surface area contributed by atoms with Crippen LogP contribution in [0.5, 0.6) is 0 Å². The van der Waals surface area contributed by atoms with Crippen molar-refractivity contribution in [2.24, 2.45) is 35.5 Å². The van der Waals surface area contributed by atoms with E-state index in [1.807, 2.05) is 150 Å². The number of carbonyl (C=O) groups is 1. The number of hydrogen-bond donors (Lipinski definition) is 0. The van der Waals surface area contributed by atoms with Gasteiger partial charge in [-0.15, -0.1) is 0 Å². The largest absolute Gasteiger partial charge is 0.373 e. The van der Waals surface area contributed by atoms with E-state index >= 15 is 0 Å². The third-order valence-electron chi connectivity index (χ3n) is 17.4. The summed E-state index contributed by atoms with van der Waals surface area (Å²) in [6, 6.07) is 62.4. The highest BCUT2D eigenvalue weighted by atomic mass is 35.5. The second-order valence-electron chi connectivity index (χ2n) is 23.5. The highest BCUT2D eigenvalue weighted by Gasteiger charge is 2.33. The van der Waals surface area contributed by atoms with Gasteiger partial charge in [0.15, 0.2) is 0 Å². The molecule has 0 unspecified atom stereocenters. The number of piperidine rings is 1. The minimum Gasteiger partial charge on any atom is -0.339 e. The predicted molar refractivity (Wildman–Crippen MR) is 351 cm³/mol. The van der Waals surface area contributed by atoms with E-state index in [0.29, 0.717) is 44.3 Å². The Morgan fingerprint density at radius 2 is 0.728 bits per heavy atom. The van der Waals surface area contributed by atoms with E-state index in [9.17, 15) is 10.1 Å². The summed E-state index contributed by atoms with van der Waals surface area (Å²) in [5.74, 6) is 2.59. The van der Waals surface area contributed by atoms with Crippen LogP contribution in [0.25, 0.3) is 66.9 Å². The van der Waals surface area contributed by atoms with Gasteiger partial charge in [-0.1, -0.05) is 126 Å². The van der Waals surface area contributed by atoms with Gasteiger partial charge < -0.3 is 4.90 Å². The average molecular weight is 1280 g/mol. The SMILES string of the molecule is N#CC1CC(Cc2nc3cc(C(=O)N4CCC(c5ccccc5)CC4)ccc3nc2-c2ccc(Cl)cc2)C1.N#CC1CC(Cc2nc3ccccc3nc2-c2ccc(Cl)cc2)C1.N#CC1CC(Cc2nc3ccccc3nc2-c2ccc(Cl)cc2)C1.O=C=O.O=C=O. The molecule has 92 heavy (non-hydrogen) atoms. The Labute approximate surface area is 547 Å². The van der Waals surface area contributed by atoms with Crippen LogP contribution in [0.1, 0.15) is 90.3 Å². The lowest BCUT2D eigenvalue weighted by Crippen LogP contribution is -2.37. The first-order chi connectivity index (χ1) is 44.8. The van der Waals surface area contributed by atoms with Gasteiger partial charge >= 0.3 is 12.3 Å². The molecule has 3 aromatic heterocycles. The molecular weight excluding hydrogens is 1220 g/mol. The van der Waals surface area contributed by atoms with Crippen molar-refractivity contribution >= 4 is 86.1 Å². The molecule has 0 bridgehead atoms. The minimum absolute atomic E-state index is 0.0550. The molecule has 1 amide bonds. The summed E-state index contributed by atoms with van der Waals surface area (Å²) >= 11 is 18.2. The fourth-order valence-electron chi connectivity index (χ4n) is 12.4. The predicted octanol–water partition coefficient (Wildman–Crippen LogP) is 16.0. The van der Waals surface area contributed by atoms with Crippen molar-refractivity contribution in [3.05, 3.63) is 213 Å². The number of hydrogen-bond acceptors (Lipinski definition) is 14. The van der Waals surface area contributed by atoms with Gasteiger partial charge in [0, 0.05) is 68.2 Å². The highest BCUT2D eigenvalue weighted by Crippen LogP contribution is 2.41. The number of benzene rings is 7. The van der Waals surface area contributed by atoms with Gasteiger partial charge in [-0.05, 0) is 179 Å². The molecular formula is C74H61Cl3N10O5. The van der Waals surface area contributed by atoms with Gasteiger partial charge in [-0.2, -0.15) is 35.0 Å². The molecule has 1 saturated heterocycles. The molecule has 1 aliphatic heterocycles. The zero-order valence-corrected chi connectivity index (χ0v) is 52.3. The van der Waals surface area contributed by atoms with Crippen LogP contribution < -0.4 is 0 Å². The van der Waals surface area contributed by atoms with Crippen LogP contribution in [0, 0.1) is 69.5 Å².